The Bertz CT molecular complexity index is 360. The zero-order chi connectivity index (χ0) is 11.9. The largest absolute Gasteiger partial charge is 0.419 e. The van der Waals surface area contributed by atoms with E-state index in [4.69, 9.17) is 0 Å². The summed E-state index contributed by atoms with van der Waals surface area (Å²) in [6, 6.07) is 1.07. The van der Waals surface area contributed by atoms with Crippen molar-refractivity contribution in [2.75, 3.05) is 0 Å². The quantitative estimate of drug-likeness (QED) is 0.638. The summed E-state index contributed by atoms with van der Waals surface area (Å²) in [6.07, 6.45) is -4.87. The highest BCUT2D eigenvalue weighted by atomic mass is 19.4. The van der Waals surface area contributed by atoms with Gasteiger partial charge in [0.1, 0.15) is 5.82 Å². The van der Waals surface area contributed by atoms with Gasteiger partial charge in [-0.05, 0) is 12.1 Å². The van der Waals surface area contributed by atoms with Crippen molar-refractivity contribution in [3.63, 3.8) is 0 Å². The van der Waals surface area contributed by atoms with E-state index in [1.54, 1.807) is 0 Å². The molecule has 0 bridgehead atoms. The van der Waals surface area contributed by atoms with Crippen LogP contribution in [-0.2, 0) is 12.1 Å². The van der Waals surface area contributed by atoms with Crippen LogP contribution >= 0.6 is 0 Å². The van der Waals surface area contributed by atoms with Crippen molar-refractivity contribution in [3.05, 3.63) is 35.1 Å². The molecule has 84 valence electrons. The van der Waals surface area contributed by atoms with Crippen molar-refractivity contribution < 1.29 is 26.3 Å². The van der Waals surface area contributed by atoms with Crippen LogP contribution in [-0.4, -0.2) is 0 Å². The monoisotopic (exact) mass is 228 g/mol. The van der Waals surface area contributed by atoms with Gasteiger partial charge in [0.15, 0.2) is 0 Å². The first-order valence-electron chi connectivity index (χ1n) is 3.87. The maximum Gasteiger partial charge on any atom is 0.419 e. The second-order valence-electron chi connectivity index (χ2n) is 3.08. The summed E-state index contributed by atoms with van der Waals surface area (Å²) in [5.41, 5.74) is -2.33. The average molecular weight is 228 g/mol. The number of alkyl halides is 5. The topological polar surface area (TPSA) is 0 Å². The molecular formula is C9H6F6. The van der Waals surface area contributed by atoms with Gasteiger partial charge in [-0.15, -0.1) is 0 Å². The van der Waals surface area contributed by atoms with Gasteiger partial charge in [0.2, 0.25) is 0 Å². The van der Waals surface area contributed by atoms with Gasteiger partial charge in [-0.25, -0.2) is 13.2 Å². The van der Waals surface area contributed by atoms with Gasteiger partial charge in [-0.2, -0.15) is 13.2 Å². The molecule has 0 atom stereocenters. The molecule has 0 radical (unpaired) electrons. The van der Waals surface area contributed by atoms with E-state index < -0.39 is 29.0 Å². The molecule has 15 heavy (non-hydrogen) atoms. The standard InChI is InChI=1S/C9H6F6/c1-8(11,12)5-2-3-6(7(10)4-5)9(13,14)15/h2-4H,1H3. The second-order valence-corrected chi connectivity index (χ2v) is 3.08. The fourth-order valence-electron chi connectivity index (χ4n) is 1.02. The maximum absolute atomic E-state index is 12.8. The van der Waals surface area contributed by atoms with E-state index >= 15 is 0 Å². The van der Waals surface area contributed by atoms with Crippen LogP contribution in [0.15, 0.2) is 18.2 Å². The van der Waals surface area contributed by atoms with Crippen molar-refractivity contribution in [2.24, 2.45) is 0 Å². The molecule has 1 aromatic rings. The molecule has 6 heteroatoms. The minimum Gasteiger partial charge on any atom is -0.206 e. The maximum atomic E-state index is 12.8. The zero-order valence-corrected chi connectivity index (χ0v) is 7.50. The Morgan fingerprint density at radius 3 is 1.87 bits per heavy atom. The van der Waals surface area contributed by atoms with Gasteiger partial charge in [-0.1, -0.05) is 6.07 Å². The Labute approximate surface area is 81.5 Å². The van der Waals surface area contributed by atoms with Crippen LogP contribution in [0.4, 0.5) is 26.3 Å². The summed E-state index contributed by atoms with van der Waals surface area (Å²) in [5.74, 6) is -5.05. The lowest BCUT2D eigenvalue weighted by Crippen LogP contribution is -2.12. The van der Waals surface area contributed by atoms with E-state index in [9.17, 15) is 26.3 Å². The number of rotatable bonds is 1. The molecule has 0 aliphatic rings. The van der Waals surface area contributed by atoms with Crippen molar-refractivity contribution in [1.82, 2.24) is 0 Å². The van der Waals surface area contributed by atoms with E-state index in [-0.39, 0.29) is 6.07 Å². The minimum absolute atomic E-state index is 0.197. The summed E-state index contributed by atoms with van der Waals surface area (Å²) in [7, 11) is 0. The molecule has 0 heterocycles. The molecule has 0 aromatic heterocycles. The Morgan fingerprint density at radius 2 is 1.53 bits per heavy atom. The summed E-state index contributed by atoms with van der Waals surface area (Å²) in [5, 5.41) is 0. The fourth-order valence-corrected chi connectivity index (χ4v) is 1.02. The lowest BCUT2D eigenvalue weighted by atomic mass is 10.1. The van der Waals surface area contributed by atoms with Gasteiger partial charge >= 0.3 is 6.18 Å². The number of hydrogen-bond donors (Lipinski definition) is 0. The van der Waals surface area contributed by atoms with Crippen molar-refractivity contribution in [2.45, 2.75) is 19.0 Å². The highest BCUT2D eigenvalue weighted by molar-refractivity contribution is 5.28. The third-order valence-electron chi connectivity index (χ3n) is 1.78. The molecule has 0 fully saturated rings. The summed E-state index contributed by atoms with van der Waals surface area (Å²) in [6.45, 7) is 0.481. The Hall–Kier alpha value is -1.20. The smallest absolute Gasteiger partial charge is 0.206 e. The highest BCUT2D eigenvalue weighted by Gasteiger charge is 2.35. The molecule has 0 saturated carbocycles. The molecule has 1 aromatic carbocycles. The summed E-state index contributed by atoms with van der Waals surface area (Å²) < 4.78 is 74.2. The van der Waals surface area contributed by atoms with Gasteiger partial charge in [0.05, 0.1) is 5.56 Å². The number of hydrogen-bond acceptors (Lipinski definition) is 0. The van der Waals surface area contributed by atoms with Crippen LogP contribution in [0.1, 0.15) is 18.1 Å². The third kappa shape index (κ3) is 2.64. The van der Waals surface area contributed by atoms with Crippen LogP contribution in [0.2, 0.25) is 0 Å². The minimum atomic E-state index is -4.87. The van der Waals surface area contributed by atoms with E-state index in [0.29, 0.717) is 19.1 Å². The highest BCUT2D eigenvalue weighted by Crippen LogP contribution is 2.34. The van der Waals surface area contributed by atoms with E-state index in [1.165, 1.54) is 0 Å². The third-order valence-corrected chi connectivity index (χ3v) is 1.78. The first kappa shape index (κ1) is 11.9. The number of halogens is 6. The Kier molecular flexibility index (Phi) is 2.71. The van der Waals surface area contributed by atoms with Gasteiger partial charge in [0, 0.05) is 12.5 Å². The Balaban J connectivity index is 3.21. The molecule has 0 spiro atoms. The van der Waals surface area contributed by atoms with E-state index in [0.717, 1.165) is 0 Å². The van der Waals surface area contributed by atoms with Gasteiger partial charge in [-0.3, -0.25) is 0 Å². The number of benzene rings is 1. The average Bonchev–Trinajstić information content (AvgIpc) is 1.99. The van der Waals surface area contributed by atoms with Crippen LogP contribution < -0.4 is 0 Å². The van der Waals surface area contributed by atoms with Gasteiger partial charge < -0.3 is 0 Å². The molecule has 0 unspecified atom stereocenters. The molecule has 0 aliphatic heterocycles. The van der Waals surface area contributed by atoms with E-state index in [2.05, 4.69) is 0 Å². The molecule has 1 rings (SSSR count). The first-order chi connectivity index (χ1) is 6.62. The molecule has 0 aliphatic carbocycles. The zero-order valence-electron chi connectivity index (χ0n) is 7.50. The summed E-state index contributed by atoms with van der Waals surface area (Å²) >= 11 is 0. The second kappa shape index (κ2) is 3.43. The lowest BCUT2D eigenvalue weighted by Gasteiger charge is -2.13. The van der Waals surface area contributed by atoms with E-state index in [1.807, 2.05) is 0 Å². The van der Waals surface area contributed by atoms with Crippen molar-refractivity contribution in [1.29, 1.82) is 0 Å². The van der Waals surface area contributed by atoms with Crippen LogP contribution in [0, 0.1) is 5.82 Å². The molecular weight excluding hydrogens is 222 g/mol. The normalized spacial score (nSPS) is 13.0. The first-order valence-corrected chi connectivity index (χ1v) is 3.87. The lowest BCUT2D eigenvalue weighted by molar-refractivity contribution is -0.140. The fraction of sp³-hybridized carbons (Fsp3) is 0.333. The molecule has 0 nitrogen and oxygen atoms in total. The predicted molar refractivity (Wildman–Crippen MR) is 41.0 cm³/mol. The Morgan fingerprint density at radius 1 is 1.00 bits per heavy atom. The van der Waals surface area contributed by atoms with Crippen LogP contribution in [0.25, 0.3) is 0 Å². The van der Waals surface area contributed by atoms with Crippen LogP contribution in [0.5, 0.6) is 0 Å². The van der Waals surface area contributed by atoms with Gasteiger partial charge in [0.25, 0.3) is 5.92 Å². The molecule has 0 amide bonds. The van der Waals surface area contributed by atoms with Crippen LogP contribution in [0.3, 0.4) is 0 Å². The SMILES string of the molecule is CC(F)(F)c1ccc(C(F)(F)F)c(F)c1. The molecule has 0 N–H and O–H groups in total. The van der Waals surface area contributed by atoms with Crippen molar-refractivity contribution in [3.8, 4) is 0 Å². The summed E-state index contributed by atoms with van der Waals surface area (Å²) in [4.78, 5) is 0. The predicted octanol–water partition coefficient (Wildman–Crippen LogP) is 3.96. The van der Waals surface area contributed by atoms with Crippen molar-refractivity contribution >= 4 is 0 Å². The molecule has 0 saturated heterocycles.